The van der Waals surface area contributed by atoms with Crippen LogP contribution in [0.25, 0.3) is 0 Å². The Labute approximate surface area is 92.4 Å². The van der Waals surface area contributed by atoms with Gasteiger partial charge in [-0.1, -0.05) is 20.3 Å². The highest BCUT2D eigenvalue weighted by Crippen LogP contribution is 2.26. The summed E-state index contributed by atoms with van der Waals surface area (Å²) in [6.07, 6.45) is 5.41. The summed E-state index contributed by atoms with van der Waals surface area (Å²) in [6, 6.07) is 0. The quantitative estimate of drug-likeness (QED) is 0.727. The SMILES string of the molecule is CCC(CN)C(=O)OC1CCCC(C)C1. The van der Waals surface area contributed by atoms with Crippen LogP contribution in [0, 0.1) is 11.8 Å². The van der Waals surface area contributed by atoms with E-state index in [1.165, 1.54) is 12.8 Å². The minimum absolute atomic E-state index is 0.0981. The summed E-state index contributed by atoms with van der Waals surface area (Å²) in [5.41, 5.74) is 5.52. The van der Waals surface area contributed by atoms with Gasteiger partial charge in [-0.25, -0.2) is 0 Å². The predicted molar refractivity (Wildman–Crippen MR) is 60.3 cm³/mol. The lowest BCUT2D eigenvalue weighted by molar-refractivity contribution is -0.156. The fourth-order valence-corrected chi connectivity index (χ4v) is 2.18. The molecule has 0 aromatic carbocycles. The van der Waals surface area contributed by atoms with Crippen molar-refractivity contribution < 1.29 is 9.53 Å². The van der Waals surface area contributed by atoms with Crippen LogP contribution in [0.4, 0.5) is 0 Å². The molecule has 3 nitrogen and oxygen atoms in total. The van der Waals surface area contributed by atoms with Gasteiger partial charge in [-0.05, 0) is 31.6 Å². The van der Waals surface area contributed by atoms with Gasteiger partial charge in [0.1, 0.15) is 6.10 Å². The molecule has 0 aromatic heterocycles. The average molecular weight is 213 g/mol. The van der Waals surface area contributed by atoms with Gasteiger partial charge in [0.25, 0.3) is 0 Å². The molecule has 1 saturated carbocycles. The Hall–Kier alpha value is -0.570. The van der Waals surface area contributed by atoms with Crippen molar-refractivity contribution >= 4 is 5.97 Å². The fourth-order valence-electron chi connectivity index (χ4n) is 2.18. The third kappa shape index (κ3) is 3.82. The molecule has 0 spiro atoms. The first kappa shape index (κ1) is 12.5. The third-order valence-corrected chi connectivity index (χ3v) is 3.28. The molecule has 3 atom stereocenters. The molecule has 1 rings (SSSR count). The van der Waals surface area contributed by atoms with Gasteiger partial charge in [-0.15, -0.1) is 0 Å². The monoisotopic (exact) mass is 213 g/mol. The van der Waals surface area contributed by atoms with Gasteiger partial charge in [0.05, 0.1) is 5.92 Å². The minimum atomic E-state index is -0.109. The van der Waals surface area contributed by atoms with E-state index in [0.29, 0.717) is 12.5 Å². The molecule has 0 aromatic rings. The van der Waals surface area contributed by atoms with E-state index < -0.39 is 0 Å². The number of hydrogen-bond acceptors (Lipinski definition) is 3. The molecule has 0 heterocycles. The van der Waals surface area contributed by atoms with Crippen molar-refractivity contribution in [3.63, 3.8) is 0 Å². The molecular formula is C12H23NO2. The van der Waals surface area contributed by atoms with Crippen LogP contribution in [0.2, 0.25) is 0 Å². The lowest BCUT2D eigenvalue weighted by atomic mass is 9.88. The van der Waals surface area contributed by atoms with Gasteiger partial charge in [-0.2, -0.15) is 0 Å². The molecule has 0 saturated heterocycles. The highest BCUT2D eigenvalue weighted by atomic mass is 16.5. The van der Waals surface area contributed by atoms with Crippen molar-refractivity contribution in [2.24, 2.45) is 17.6 Å². The van der Waals surface area contributed by atoms with Crippen LogP contribution in [-0.4, -0.2) is 18.6 Å². The van der Waals surface area contributed by atoms with E-state index in [1.807, 2.05) is 6.92 Å². The summed E-state index contributed by atoms with van der Waals surface area (Å²) in [4.78, 5) is 11.7. The smallest absolute Gasteiger partial charge is 0.310 e. The maximum atomic E-state index is 11.7. The van der Waals surface area contributed by atoms with Crippen LogP contribution in [0.15, 0.2) is 0 Å². The zero-order valence-electron chi connectivity index (χ0n) is 9.87. The number of carbonyl (C=O) groups is 1. The lowest BCUT2D eigenvalue weighted by Gasteiger charge is -2.27. The molecule has 0 amide bonds. The normalized spacial score (nSPS) is 28.5. The Kier molecular flexibility index (Phi) is 5.09. The average Bonchev–Trinajstić information content (AvgIpc) is 2.19. The Morgan fingerprint density at radius 3 is 2.80 bits per heavy atom. The van der Waals surface area contributed by atoms with E-state index in [4.69, 9.17) is 10.5 Å². The van der Waals surface area contributed by atoms with E-state index in [1.54, 1.807) is 0 Å². The first-order valence-electron chi connectivity index (χ1n) is 6.07. The zero-order chi connectivity index (χ0) is 11.3. The molecule has 15 heavy (non-hydrogen) atoms. The van der Waals surface area contributed by atoms with Crippen LogP contribution in [0.3, 0.4) is 0 Å². The van der Waals surface area contributed by atoms with Gasteiger partial charge in [0.15, 0.2) is 0 Å². The van der Waals surface area contributed by atoms with Gasteiger partial charge in [-0.3, -0.25) is 4.79 Å². The maximum absolute atomic E-state index is 11.7. The van der Waals surface area contributed by atoms with E-state index in [0.717, 1.165) is 19.3 Å². The molecule has 2 N–H and O–H groups in total. The Morgan fingerprint density at radius 2 is 2.27 bits per heavy atom. The van der Waals surface area contributed by atoms with E-state index in [2.05, 4.69) is 6.92 Å². The van der Waals surface area contributed by atoms with E-state index >= 15 is 0 Å². The van der Waals surface area contributed by atoms with Crippen molar-refractivity contribution in [2.75, 3.05) is 6.54 Å². The molecule has 1 aliphatic rings. The lowest BCUT2D eigenvalue weighted by Crippen LogP contribution is -2.31. The van der Waals surface area contributed by atoms with Gasteiger partial charge in [0, 0.05) is 6.54 Å². The summed E-state index contributed by atoms with van der Waals surface area (Å²) in [6.45, 7) is 4.60. The summed E-state index contributed by atoms with van der Waals surface area (Å²) in [5, 5.41) is 0. The van der Waals surface area contributed by atoms with Crippen LogP contribution in [-0.2, 0) is 9.53 Å². The van der Waals surface area contributed by atoms with Crippen LogP contribution in [0.1, 0.15) is 46.0 Å². The Balaban J connectivity index is 2.36. The number of hydrogen-bond donors (Lipinski definition) is 1. The molecule has 0 aliphatic heterocycles. The number of esters is 1. The zero-order valence-corrected chi connectivity index (χ0v) is 9.87. The predicted octanol–water partition coefficient (Wildman–Crippen LogP) is 2.09. The number of rotatable bonds is 4. The first-order valence-corrected chi connectivity index (χ1v) is 6.07. The van der Waals surface area contributed by atoms with Crippen molar-refractivity contribution in [1.82, 2.24) is 0 Å². The highest BCUT2D eigenvalue weighted by molar-refractivity contribution is 5.72. The third-order valence-electron chi connectivity index (χ3n) is 3.28. The standard InChI is InChI=1S/C12H23NO2/c1-3-10(8-13)12(14)15-11-6-4-5-9(2)7-11/h9-11H,3-8,13H2,1-2H3. The summed E-state index contributed by atoms with van der Waals surface area (Å²) in [5.74, 6) is 0.482. The van der Waals surface area contributed by atoms with Crippen molar-refractivity contribution in [3.8, 4) is 0 Å². The minimum Gasteiger partial charge on any atom is -0.462 e. The van der Waals surface area contributed by atoms with E-state index in [9.17, 15) is 4.79 Å². The van der Waals surface area contributed by atoms with Gasteiger partial charge in [0.2, 0.25) is 0 Å². The van der Waals surface area contributed by atoms with Crippen LogP contribution < -0.4 is 5.73 Å². The van der Waals surface area contributed by atoms with Crippen molar-refractivity contribution in [3.05, 3.63) is 0 Å². The molecule has 3 heteroatoms. The first-order chi connectivity index (χ1) is 7.17. The van der Waals surface area contributed by atoms with E-state index in [-0.39, 0.29) is 18.0 Å². The number of nitrogens with two attached hydrogens (primary N) is 1. The number of carbonyl (C=O) groups excluding carboxylic acids is 1. The van der Waals surface area contributed by atoms with Gasteiger partial charge < -0.3 is 10.5 Å². The fraction of sp³-hybridized carbons (Fsp3) is 0.917. The van der Waals surface area contributed by atoms with Crippen molar-refractivity contribution in [1.29, 1.82) is 0 Å². The highest BCUT2D eigenvalue weighted by Gasteiger charge is 2.24. The summed E-state index contributed by atoms with van der Waals surface area (Å²) >= 11 is 0. The molecule has 3 unspecified atom stereocenters. The second kappa shape index (κ2) is 6.11. The molecule has 1 fully saturated rings. The molecular weight excluding hydrogens is 190 g/mol. The van der Waals surface area contributed by atoms with Gasteiger partial charge >= 0.3 is 5.97 Å². The summed E-state index contributed by atoms with van der Waals surface area (Å²) in [7, 11) is 0. The summed E-state index contributed by atoms with van der Waals surface area (Å²) < 4.78 is 5.49. The topological polar surface area (TPSA) is 52.3 Å². The van der Waals surface area contributed by atoms with Crippen molar-refractivity contribution in [2.45, 2.75) is 52.1 Å². The molecule has 0 radical (unpaired) electrons. The maximum Gasteiger partial charge on any atom is 0.310 e. The Bertz CT molecular complexity index is 202. The second-order valence-corrected chi connectivity index (χ2v) is 4.67. The molecule has 1 aliphatic carbocycles. The Morgan fingerprint density at radius 1 is 1.53 bits per heavy atom. The van der Waals surface area contributed by atoms with Crippen LogP contribution in [0.5, 0.6) is 0 Å². The largest absolute Gasteiger partial charge is 0.462 e. The molecule has 0 bridgehead atoms. The molecule has 88 valence electrons. The number of ether oxygens (including phenoxy) is 1. The van der Waals surface area contributed by atoms with Crippen LogP contribution >= 0.6 is 0 Å². The second-order valence-electron chi connectivity index (χ2n) is 4.67.